The van der Waals surface area contributed by atoms with Gasteiger partial charge < -0.3 is 11.1 Å². The summed E-state index contributed by atoms with van der Waals surface area (Å²) < 4.78 is 0. The van der Waals surface area contributed by atoms with Crippen molar-refractivity contribution in [3.8, 4) is 0 Å². The van der Waals surface area contributed by atoms with E-state index in [1.165, 1.54) is 42.4 Å². The van der Waals surface area contributed by atoms with Gasteiger partial charge >= 0.3 is 0 Å². The first-order valence-electron chi connectivity index (χ1n) is 6.74. The third kappa shape index (κ3) is 2.88. The smallest absolute Gasteiger partial charge is 0.0449 e. The fraction of sp³-hybridized carbons (Fsp3) is 0.600. The molecule has 0 aromatic heterocycles. The maximum Gasteiger partial charge on any atom is 0.0449 e. The number of nitrogens with one attached hydrogen (secondary N) is 1. The molecule has 0 aliphatic heterocycles. The van der Waals surface area contributed by atoms with E-state index in [2.05, 4.69) is 37.4 Å². The summed E-state index contributed by atoms with van der Waals surface area (Å²) in [7, 11) is 0. The lowest BCUT2D eigenvalue weighted by molar-refractivity contribution is 0.443. The van der Waals surface area contributed by atoms with E-state index in [1.807, 2.05) is 0 Å². The van der Waals surface area contributed by atoms with E-state index in [-0.39, 0.29) is 0 Å². The van der Waals surface area contributed by atoms with Crippen LogP contribution >= 0.6 is 0 Å². The molecular formula is C15H24N2. The molecule has 0 bridgehead atoms. The minimum atomic E-state index is 0.318. The molecule has 1 aromatic carbocycles. The zero-order chi connectivity index (χ0) is 12.3. The molecule has 94 valence electrons. The van der Waals surface area contributed by atoms with Crippen molar-refractivity contribution in [2.75, 3.05) is 6.54 Å². The van der Waals surface area contributed by atoms with Crippen molar-refractivity contribution in [1.82, 2.24) is 5.32 Å². The predicted molar refractivity (Wildman–Crippen MR) is 73.1 cm³/mol. The van der Waals surface area contributed by atoms with Crippen LogP contribution in [0.5, 0.6) is 0 Å². The van der Waals surface area contributed by atoms with Crippen molar-refractivity contribution >= 4 is 0 Å². The van der Waals surface area contributed by atoms with E-state index in [4.69, 9.17) is 5.73 Å². The zero-order valence-corrected chi connectivity index (χ0v) is 11.0. The van der Waals surface area contributed by atoms with Crippen LogP contribution in [0.3, 0.4) is 0 Å². The molecule has 2 nitrogen and oxygen atoms in total. The predicted octanol–water partition coefficient (Wildman–Crippen LogP) is 2.84. The molecular weight excluding hydrogens is 208 g/mol. The first-order valence-corrected chi connectivity index (χ1v) is 6.74. The van der Waals surface area contributed by atoms with E-state index in [1.54, 1.807) is 0 Å². The molecule has 1 aromatic rings. The first kappa shape index (κ1) is 12.6. The molecule has 17 heavy (non-hydrogen) atoms. The minimum absolute atomic E-state index is 0.318. The second-order valence-electron chi connectivity index (χ2n) is 5.23. The van der Waals surface area contributed by atoms with Crippen LogP contribution < -0.4 is 11.1 Å². The van der Waals surface area contributed by atoms with Gasteiger partial charge in [-0.1, -0.05) is 31.0 Å². The van der Waals surface area contributed by atoms with Crippen LogP contribution in [-0.2, 0) is 0 Å². The van der Waals surface area contributed by atoms with Crippen molar-refractivity contribution in [3.05, 3.63) is 34.9 Å². The summed E-state index contributed by atoms with van der Waals surface area (Å²) in [5.41, 5.74) is 10.1. The second-order valence-corrected chi connectivity index (χ2v) is 5.23. The highest BCUT2D eigenvalue weighted by Gasteiger charge is 2.20. The monoisotopic (exact) mass is 232 g/mol. The Morgan fingerprint density at radius 3 is 2.65 bits per heavy atom. The maximum absolute atomic E-state index is 5.94. The minimum Gasteiger partial charge on any atom is -0.329 e. The van der Waals surface area contributed by atoms with Crippen LogP contribution in [-0.4, -0.2) is 12.6 Å². The van der Waals surface area contributed by atoms with Crippen molar-refractivity contribution in [2.24, 2.45) is 5.73 Å². The molecule has 0 amide bonds. The van der Waals surface area contributed by atoms with Gasteiger partial charge in [-0.2, -0.15) is 0 Å². The molecule has 1 fully saturated rings. The van der Waals surface area contributed by atoms with Crippen LogP contribution in [0.4, 0.5) is 0 Å². The Morgan fingerprint density at radius 2 is 2.00 bits per heavy atom. The van der Waals surface area contributed by atoms with E-state index in [9.17, 15) is 0 Å². The van der Waals surface area contributed by atoms with Crippen LogP contribution in [0.25, 0.3) is 0 Å². The normalized spacial score (nSPS) is 18.5. The van der Waals surface area contributed by atoms with Crippen LogP contribution in [0.1, 0.15) is 48.4 Å². The maximum atomic E-state index is 5.94. The van der Waals surface area contributed by atoms with Gasteiger partial charge in [-0.05, 0) is 43.4 Å². The van der Waals surface area contributed by atoms with Crippen LogP contribution in [0, 0.1) is 13.8 Å². The second kappa shape index (κ2) is 5.65. The Balaban J connectivity index is 2.13. The SMILES string of the molecule is Cc1cccc(C(CN)NC2CCCC2)c1C. The van der Waals surface area contributed by atoms with Gasteiger partial charge in [0, 0.05) is 18.6 Å². The highest BCUT2D eigenvalue weighted by molar-refractivity contribution is 5.35. The fourth-order valence-electron chi connectivity index (χ4n) is 2.81. The van der Waals surface area contributed by atoms with Crippen LogP contribution in [0.2, 0.25) is 0 Å². The summed E-state index contributed by atoms with van der Waals surface area (Å²) >= 11 is 0. The van der Waals surface area contributed by atoms with Gasteiger partial charge in [0.1, 0.15) is 0 Å². The molecule has 1 atom stereocenters. The molecule has 1 saturated carbocycles. The van der Waals surface area contributed by atoms with Gasteiger partial charge in [0.15, 0.2) is 0 Å². The summed E-state index contributed by atoms with van der Waals surface area (Å²) in [6.45, 7) is 5.05. The molecule has 0 radical (unpaired) electrons. The Hall–Kier alpha value is -0.860. The average Bonchev–Trinajstić information content (AvgIpc) is 2.83. The molecule has 2 rings (SSSR count). The lowest BCUT2D eigenvalue weighted by atomic mass is 9.96. The van der Waals surface area contributed by atoms with E-state index < -0.39 is 0 Å². The standard InChI is InChI=1S/C15H24N2/c1-11-6-5-9-14(12(11)2)15(10-16)17-13-7-3-4-8-13/h5-6,9,13,15,17H,3-4,7-8,10,16H2,1-2H3. The summed E-state index contributed by atoms with van der Waals surface area (Å²) in [5, 5.41) is 3.72. The summed E-state index contributed by atoms with van der Waals surface area (Å²) in [4.78, 5) is 0. The topological polar surface area (TPSA) is 38.0 Å². The summed E-state index contributed by atoms with van der Waals surface area (Å²) in [6, 6.07) is 7.50. The van der Waals surface area contributed by atoms with Crippen molar-refractivity contribution in [2.45, 2.75) is 51.6 Å². The molecule has 1 aliphatic carbocycles. The number of aryl methyl sites for hydroxylation is 1. The van der Waals surface area contributed by atoms with Crippen molar-refractivity contribution < 1.29 is 0 Å². The highest BCUT2D eigenvalue weighted by Crippen LogP contribution is 2.24. The summed E-state index contributed by atoms with van der Waals surface area (Å²) in [6.07, 6.45) is 5.34. The molecule has 1 unspecified atom stereocenters. The fourth-order valence-corrected chi connectivity index (χ4v) is 2.81. The molecule has 0 spiro atoms. The Kier molecular flexibility index (Phi) is 4.19. The van der Waals surface area contributed by atoms with Gasteiger partial charge in [0.25, 0.3) is 0 Å². The zero-order valence-electron chi connectivity index (χ0n) is 11.0. The number of rotatable bonds is 4. The first-order chi connectivity index (χ1) is 8.22. The number of hydrogen-bond acceptors (Lipinski definition) is 2. The van der Waals surface area contributed by atoms with Gasteiger partial charge in [-0.3, -0.25) is 0 Å². The summed E-state index contributed by atoms with van der Waals surface area (Å²) in [5.74, 6) is 0. The molecule has 3 N–H and O–H groups in total. The molecule has 1 aliphatic rings. The average molecular weight is 232 g/mol. The Labute approximate surface area is 105 Å². The van der Waals surface area contributed by atoms with Crippen molar-refractivity contribution in [3.63, 3.8) is 0 Å². The largest absolute Gasteiger partial charge is 0.329 e. The van der Waals surface area contributed by atoms with Crippen molar-refractivity contribution in [1.29, 1.82) is 0 Å². The van der Waals surface area contributed by atoms with Gasteiger partial charge in [-0.25, -0.2) is 0 Å². The van der Waals surface area contributed by atoms with E-state index in [0.29, 0.717) is 18.6 Å². The Bertz CT molecular complexity index is 367. The molecule has 0 heterocycles. The quantitative estimate of drug-likeness (QED) is 0.837. The third-order valence-corrected chi connectivity index (χ3v) is 4.05. The molecule has 0 saturated heterocycles. The number of nitrogens with two attached hydrogens (primary N) is 1. The third-order valence-electron chi connectivity index (χ3n) is 4.05. The number of hydrogen-bond donors (Lipinski definition) is 2. The van der Waals surface area contributed by atoms with E-state index >= 15 is 0 Å². The van der Waals surface area contributed by atoms with E-state index in [0.717, 1.165) is 0 Å². The Morgan fingerprint density at radius 1 is 1.29 bits per heavy atom. The highest BCUT2D eigenvalue weighted by atomic mass is 15.0. The van der Waals surface area contributed by atoms with Gasteiger partial charge in [-0.15, -0.1) is 0 Å². The van der Waals surface area contributed by atoms with Gasteiger partial charge in [0.05, 0.1) is 0 Å². The van der Waals surface area contributed by atoms with Gasteiger partial charge in [0.2, 0.25) is 0 Å². The number of benzene rings is 1. The molecule has 2 heteroatoms. The lowest BCUT2D eigenvalue weighted by Gasteiger charge is -2.24. The van der Waals surface area contributed by atoms with Crippen LogP contribution in [0.15, 0.2) is 18.2 Å². The lowest BCUT2D eigenvalue weighted by Crippen LogP contribution is -2.35.